The third-order valence-corrected chi connectivity index (χ3v) is 7.45. The van der Waals surface area contributed by atoms with Gasteiger partial charge in [-0.3, -0.25) is 9.80 Å². The molecular weight excluding hydrogens is 392 g/mol. The molecule has 0 saturated carbocycles. The summed E-state index contributed by atoms with van der Waals surface area (Å²) in [4.78, 5) is 5.27. The number of hydrogen-bond acceptors (Lipinski definition) is 3. The Morgan fingerprint density at radius 1 is 0.906 bits per heavy atom. The van der Waals surface area contributed by atoms with Gasteiger partial charge in [0, 0.05) is 39.3 Å². The van der Waals surface area contributed by atoms with Crippen molar-refractivity contribution in [2.75, 3.05) is 32.8 Å². The molecule has 2 saturated heterocycles. The normalized spacial score (nSPS) is 25.3. The minimum atomic E-state index is 0.319. The number of ether oxygens (including phenoxy) is 1. The van der Waals surface area contributed by atoms with Crippen LogP contribution in [0.25, 0.3) is 0 Å². The quantitative estimate of drug-likeness (QED) is 0.511. The average Bonchev–Trinajstić information content (AvgIpc) is 2.80. The molecule has 2 fully saturated rings. The summed E-state index contributed by atoms with van der Waals surface area (Å²) in [6.45, 7) is 14.4. The van der Waals surface area contributed by atoms with Crippen molar-refractivity contribution in [3.63, 3.8) is 0 Å². The highest BCUT2D eigenvalue weighted by molar-refractivity contribution is 5.28. The van der Waals surface area contributed by atoms with Gasteiger partial charge in [-0.2, -0.15) is 0 Å². The maximum absolute atomic E-state index is 6.14. The monoisotopic (exact) mass is 434 g/mol. The molecule has 3 unspecified atom stereocenters. The summed E-state index contributed by atoms with van der Waals surface area (Å²) >= 11 is 0. The number of piperidine rings is 2. The predicted octanol–water partition coefficient (Wildman–Crippen LogP) is 5.95. The van der Waals surface area contributed by atoms with Gasteiger partial charge < -0.3 is 4.74 Å². The van der Waals surface area contributed by atoms with Gasteiger partial charge in [0.1, 0.15) is 0 Å². The summed E-state index contributed by atoms with van der Waals surface area (Å²) in [5, 5.41) is 0. The zero-order chi connectivity index (χ0) is 22.3. The van der Waals surface area contributed by atoms with E-state index < -0.39 is 0 Å². The van der Waals surface area contributed by atoms with Crippen LogP contribution >= 0.6 is 0 Å². The molecule has 2 aliphatic heterocycles. The highest BCUT2D eigenvalue weighted by atomic mass is 16.5. The maximum Gasteiger partial charge on any atom is 0.0708 e. The van der Waals surface area contributed by atoms with E-state index >= 15 is 0 Å². The van der Waals surface area contributed by atoms with E-state index in [1.54, 1.807) is 0 Å². The molecule has 0 bridgehead atoms. The molecule has 0 aromatic heterocycles. The molecule has 32 heavy (non-hydrogen) atoms. The lowest BCUT2D eigenvalue weighted by molar-refractivity contribution is -0.00416. The molecule has 4 rings (SSSR count). The Hall–Kier alpha value is -1.68. The van der Waals surface area contributed by atoms with Crippen LogP contribution < -0.4 is 0 Å². The number of benzene rings is 2. The highest BCUT2D eigenvalue weighted by Gasteiger charge is 2.29. The van der Waals surface area contributed by atoms with Crippen molar-refractivity contribution in [2.24, 2.45) is 11.8 Å². The minimum absolute atomic E-state index is 0.319. The van der Waals surface area contributed by atoms with E-state index in [0.29, 0.717) is 12.0 Å². The van der Waals surface area contributed by atoms with Gasteiger partial charge in [-0.25, -0.2) is 0 Å². The van der Waals surface area contributed by atoms with Crippen LogP contribution in [-0.4, -0.2) is 48.7 Å². The Morgan fingerprint density at radius 2 is 1.69 bits per heavy atom. The van der Waals surface area contributed by atoms with Gasteiger partial charge in [-0.15, -0.1) is 0 Å². The van der Waals surface area contributed by atoms with Crippen molar-refractivity contribution >= 4 is 0 Å². The summed E-state index contributed by atoms with van der Waals surface area (Å²) in [5.41, 5.74) is 4.35. The van der Waals surface area contributed by atoms with Gasteiger partial charge in [0.2, 0.25) is 0 Å². The van der Waals surface area contributed by atoms with Crippen LogP contribution in [0.3, 0.4) is 0 Å². The van der Waals surface area contributed by atoms with Crippen molar-refractivity contribution in [1.29, 1.82) is 0 Å². The third kappa shape index (κ3) is 6.43. The minimum Gasteiger partial charge on any atom is -0.377 e. The molecule has 2 heterocycles. The van der Waals surface area contributed by atoms with Gasteiger partial charge in [0.05, 0.1) is 6.10 Å². The SMILES string of the molecule is CCOC1CC(c2cccc(CN3CCCC(C(C)C)C3)c2)CN(Cc2ccccc2)C1. The van der Waals surface area contributed by atoms with Crippen LogP contribution in [0, 0.1) is 11.8 Å². The molecule has 0 radical (unpaired) electrons. The van der Waals surface area contributed by atoms with Crippen LogP contribution in [0.2, 0.25) is 0 Å². The fourth-order valence-corrected chi connectivity index (χ4v) is 5.69. The molecule has 174 valence electrons. The van der Waals surface area contributed by atoms with E-state index in [1.807, 2.05) is 0 Å². The third-order valence-electron chi connectivity index (χ3n) is 7.45. The highest BCUT2D eigenvalue weighted by Crippen LogP contribution is 2.31. The van der Waals surface area contributed by atoms with Crippen molar-refractivity contribution in [3.8, 4) is 0 Å². The zero-order valence-electron chi connectivity index (χ0n) is 20.4. The number of nitrogens with zero attached hydrogens (tertiary/aromatic N) is 2. The lowest BCUT2D eigenvalue weighted by atomic mass is 9.87. The van der Waals surface area contributed by atoms with Crippen molar-refractivity contribution in [1.82, 2.24) is 9.80 Å². The Morgan fingerprint density at radius 3 is 2.47 bits per heavy atom. The fourth-order valence-electron chi connectivity index (χ4n) is 5.69. The van der Waals surface area contributed by atoms with Crippen LogP contribution in [0.4, 0.5) is 0 Å². The molecular formula is C29H42N2O. The Balaban J connectivity index is 1.44. The van der Waals surface area contributed by atoms with Gasteiger partial charge >= 0.3 is 0 Å². The first-order chi connectivity index (χ1) is 15.6. The van der Waals surface area contributed by atoms with Gasteiger partial charge in [-0.1, -0.05) is 68.4 Å². The van der Waals surface area contributed by atoms with Crippen LogP contribution in [0.1, 0.15) is 62.6 Å². The summed E-state index contributed by atoms with van der Waals surface area (Å²) in [5.74, 6) is 2.18. The Bertz CT molecular complexity index is 821. The Kier molecular flexibility index (Phi) is 8.40. The van der Waals surface area contributed by atoms with Crippen LogP contribution in [-0.2, 0) is 17.8 Å². The van der Waals surface area contributed by atoms with Crippen molar-refractivity contribution in [3.05, 3.63) is 71.3 Å². The fraction of sp³-hybridized carbons (Fsp3) is 0.586. The molecule has 0 amide bonds. The summed E-state index contributed by atoms with van der Waals surface area (Å²) < 4.78 is 6.14. The lowest BCUT2D eigenvalue weighted by Crippen LogP contribution is -2.43. The first-order valence-electron chi connectivity index (χ1n) is 12.8. The standard InChI is InChI=1S/C29H42N2O/c1-4-32-29-17-28(21-31(22-29)18-24-10-6-5-7-11-24)26-13-8-12-25(16-26)19-30-15-9-14-27(20-30)23(2)3/h5-8,10-13,16,23,27-29H,4,9,14-15,17-22H2,1-3H3. The topological polar surface area (TPSA) is 15.7 Å². The second kappa shape index (κ2) is 11.4. The molecule has 2 aromatic carbocycles. The molecule has 2 aliphatic rings. The smallest absolute Gasteiger partial charge is 0.0708 e. The summed E-state index contributed by atoms with van der Waals surface area (Å²) in [7, 11) is 0. The first kappa shape index (κ1) is 23.5. The van der Waals surface area contributed by atoms with E-state index in [0.717, 1.165) is 51.0 Å². The van der Waals surface area contributed by atoms with Crippen molar-refractivity contribution in [2.45, 2.75) is 65.1 Å². The molecule has 3 nitrogen and oxygen atoms in total. The predicted molar refractivity (Wildman–Crippen MR) is 134 cm³/mol. The van der Waals surface area contributed by atoms with E-state index in [4.69, 9.17) is 4.74 Å². The Labute approximate surface area is 195 Å². The average molecular weight is 435 g/mol. The van der Waals surface area contributed by atoms with Gasteiger partial charge in [0.15, 0.2) is 0 Å². The summed E-state index contributed by atoms with van der Waals surface area (Å²) in [6, 6.07) is 20.3. The van der Waals surface area contributed by atoms with Gasteiger partial charge in [-0.05, 0) is 67.2 Å². The maximum atomic E-state index is 6.14. The van der Waals surface area contributed by atoms with Crippen LogP contribution in [0.5, 0.6) is 0 Å². The zero-order valence-corrected chi connectivity index (χ0v) is 20.4. The van der Waals surface area contributed by atoms with E-state index in [-0.39, 0.29) is 0 Å². The second-order valence-corrected chi connectivity index (χ2v) is 10.3. The number of hydrogen-bond donors (Lipinski definition) is 0. The molecule has 3 heteroatoms. The molecule has 0 spiro atoms. The van der Waals surface area contributed by atoms with E-state index in [1.165, 1.54) is 42.6 Å². The second-order valence-electron chi connectivity index (χ2n) is 10.3. The molecule has 2 aromatic rings. The molecule has 0 aliphatic carbocycles. The number of likely N-dealkylation sites (tertiary alicyclic amines) is 2. The van der Waals surface area contributed by atoms with Gasteiger partial charge in [0.25, 0.3) is 0 Å². The largest absolute Gasteiger partial charge is 0.377 e. The van der Waals surface area contributed by atoms with Crippen LogP contribution in [0.15, 0.2) is 54.6 Å². The summed E-state index contributed by atoms with van der Waals surface area (Å²) in [6.07, 6.45) is 4.18. The van der Waals surface area contributed by atoms with E-state index in [2.05, 4.69) is 85.2 Å². The first-order valence-corrected chi connectivity index (χ1v) is 12.8. The molecule has 3 atom stereocenters. The lowest BCUT2D eigenvalue weighted by Gasteiger charge is -2.38. The molecule has 0 N–H and O–H groups in total. The number of rotatable bonds is 8. The van der Waals surface area contributed by atoms with E-state index in [9.17, 15) is 0 Å². The van der Waals surface area contributed by atoms with Crippen molar-refractivity contribution < 1.29 is 4.74 Å².